The molecule has 0 bridgehead atoms. The molecule has 0 unspecified atom stereocenters. The van der Waals surface area contributed by atoms with Crippen LogP contribution in [0.25, 0.3) is 22.0 Å². The fourth-order valence-electron chi connectivity index (χ4n) is 3.14. The van der Waals surface area contributed by atoms with E-state index in [0.717, 1.165) is 16.3 Å². The molecule has 0 fully saturated rings. The van der Waals surface area contributed by atoms with Gasteiger partial charge in [-0.3, -0.25) is 0 Å². The Morgan fingerprint density at radius 3 is 2.45 bits per heavy atom. The summed E-state index contributed by atoms with van der Waals surface area (Å²) < 4.78 is 5.21. The molecule has 2 N–H and O–H groups in total. The monoisotopic (exact) mass is 385 g/mol. The molecule has 6 heteroatoms. The van der Waals surface area contributed by atoms with Crippen molar-refractivity contribution in [2.45, 2.75) is 6.92 Å². The van der Waals surface area contributed by atoms with E-state index in [-0.39, 0.29) is 23.7 Å². The number of azo groups is 1. The maximum atomic E-state index is 12.7. The Morgan fingerprint density at radius 2 is 1.69 bits per heavy atom. The standard InChI is InChI=1S/C23H19N3O3/c1-2-29-23(28)19-20(17-13-12-15-8-6-7-9-16(15)14-17)24-22(27)21(19)26-25-18-10-4-3-5-11-18/h3-14,24,27H,2H2,1H3. The van der Waals surface area contributed by atoms with Crippen LogP contribution in [0.3, 0.4) is 0 Å². The highest BCUT2D eigenvalue weighted by Gasteiger charge is 2.26. The van der Waals surface area contributed by atoms with Crippen molar-refractivity contribution in [2.24, 2.45) is 10.2 Å². The molecule has 1 aromatic heterocycles. The molecule has 0 aliphatic rings. The van der Waals surface area contributed by atoms with Crippen LogP contribution in [0.1, 0.15) is 17.3 Å². The summed E-state index contributed by atoms with van der Waals surface area (Å²) in [6.07, 6.45) is 0. The molecule has 0 spiro atoms. The molecule has 1 heterocycles. The largest absolute Gasteiger partial charge is 0.493 e. The van der Waals surface area contributed by atoms with Crippen molar-refractivity contribution in [1.82, 2.24) is 4.98 Å². The maximum Gasteiger partial charge on any atom is 0.342 e. The van der Waals surface area contributed by atoms with Gasteiger partial charge < -0.3 is 14.8 Å². The molecule has 0 amide bonds. The second-order valence-electron chi connectivity index (χ2n) is 6.39. The number of nitrogens with one attached hydrogen (secondary N) is 1. The molecule has 4 aromatic rings. The van der Waals surface area contributed by atoms with Gasteiger partial charge >= 0.3 is 5.97 Å². The number of fused-ring (bicyclic) bond motifs is 1. The Kier molecular flexibility index (Phi) is 5.07. The van der Waals surface area contributed by atoms with Gasteiger partial charge in [-0.2, -0.15) is 5.11 Å². The topological polar surface area (TPSA) is 87.0 Å². The Labute approximate surface area is 167 Å². The number of ether oxygens (including phenoxy) is 1. The van der Waals surface area contributed by atoms with Crippen molar-refractivity contribution in [1.29, 1.82) is 0 Å². The number of nitrogens with zero attached hydrogens (tertiary/aromatic N) is 2. The van der Waals surface area contributed by atoms with Gasteiger partial charge in [0.2, 0.25) is 5.88 Å². The van der Waals surface area contributed by atoms with Crippen molar-refractivity contribution >= 4 is 28.1 Å². The van der Waals surface area contributed by atoms with Crippen molar-refractivity contribution < 1.29 is 14.6 Å². The predicted octanol–water partition coefficient (Wildman–Crippen LogP) is 6.13. The molecule has 29 heavy (non-hydrogen) atoms. The first-order valence-electron chi connectivity index (χ1n) is 9.25. The number of H-pyrrole nitrogens is 1. The number of hydrogen-bond acceptors (Lipinski definition) is 5. The number of esters is 1. The molecular formula is C23H19N3O3. The Bertz CT molecular complexity index is 1200. The third kappa shape index (κ3) is 3.73. The lowest BCUT2D eigenvalue weighted by Crippen LogP contribution is -2.05. The zero-order valence-corrected chi connectivity index (χ0v) is 15.8. The number of carbonyl (C=O) groups excluding carboxylic acids is 1. The minimum Gasteiger partial charge on any atom is -0.493 e. The highest BCUT2D eigenvalue weighted by Crippen LogP contribution is 2.40. The maximum absolute atomic E-state index is 12.7. The van der Waals surface area contributed by atoms with E-state index < -0.39 is 5.97 Å². The molecule has 0 saturated carbocycles. The average Bonchev–Trinajstić information content (AvgIpc) is 3.09. The van der Waals surface area contributed by atoms with E-state index in [4.69, 9.17) is 4.74 Å². The molecule has 0 aliphatic carbocycles. The van der Waals surface area contributed by atoms with Gasteiger partial charge in [0, 0.05) is 0 Å². The second kappa shape index (κ2) is 7.98. The van der Waals surface area contributed by atoms with Gasteiger partial charge in [-0.1, -0.05) is 54.6 Å². The minimum atomic E-state index is -0.575. The summed E-state index contributed by atoms with van der Waals surface area (Å²) in [6.45, 7) is 1.93. The lowest BCUT2D eigenvalue weighted by atomic mass is 10.0. The zero-order valence-electron chi connectivity index (χ0n) is 15.8. The number of carbonyl (C=O) groups is 1. The van der Waals surface area contributed by atoms with Crippen molar-refractivity contribution in [3.05, 3.63) is 78.4 Å². The van der Waals surface area contributed by atoms with Crippen LogP contribution in [0.5, 0.6) is 5.88 Å². The molecule has 4 rings (SSSR count). The van der Waals surface area contributed by atoms with Crippen LogP contribution in [0.15, 0.2) is 83.0 Å². The fourth-order valence-corrected chi connectivity index (χ4v) is 3.14. The summed E-state index contributed by atoms with van der Waals surface area (Å²) in [5.41, 5.74) is 1.99. The summed E-state index contributed by atoms with van der Waals surface area (Å²) in [7, 11) is 0. The van der Waals surface area contributed by atoms with Crippen LogP contribution in [0.4, 0.5) is 11.4 Å². The van der Waals surface area contributed by atoms with E-state index in [1.165, 1.54) is 0 Å². The smallest absolute Gasteiger partial charge is 0.342 e. The Morgan fingerprint density at radius 1 is 0.966 bits per heavy atom. The molecule has 0 aliphatic heterocycles. The molecule has 0 atom stereocenters. The number of aromatic amines is 1. The van der Waals surface area contributed by atoms with Gasteiger partial charge in [-0.05, 0) is 41.5 Å². The number of rotatable bonds is 5. The SMILES string of the molecule is CCOC(=O)c1c(-c2ccc3ccccc3c2)[nH]c(O)c1N=Nc1ccccc1. The van der Waals surface area contributed by atoms with Gasteiger partial charge in [-0.15, -0.1) is 5.11 Å². The number of benzene rings is 3. The van der Waals surface area contributed by atoms with Gasteiger partial charge in [0.1, 0.15) is 5.56 Å². The summed E-state index contributed by atoms with van der Waals surface area (Å²) in [5, 5.41) is 20.8. The molecule has 6 nitrogen and oxygen atoms in total. The first kappa shape index (κ1) is 18.4. The van der Waals surface area contributed by atoms with Gasteiger partial charge in [0.15, 0.2) is 5.69 Å². The summed E-state index contributed by atoms with van der Waals surface area (Å²) in [4.78, 5) is 15.6. The first-order chi connectivity index (χ1) is 14.2. The van der Waals surface area contributed by atoms with E-state index in [9.17, 15) is 9.90 Å². The van der Waals surface area contributed by atoms with E-state index in [2.05, 4.69) is 15.2 Å². The third-order valence-electron chi connectivity index (χ3n) is 4.49. The molecular weight excluding hydrogens is 366 g/mol. The van der Waals surface area contributed by atoms with Gasteiger partial charge in [-0.25, -0.2) is 4.79 Å². The zero-order chi connectivity index (χ0) is 20.2. The predicted molar refractivity (Wildman–Crippen MR) is 112 cm³/mol. The van der Waals surface area contributed by atoms with Crippen LogP contribution >= 0.6 is 0 Å². The number of hydrogen-bond donors (Lipinski definition) is 2. The van der Waals surface area contributed by atoms with Crippen molar-refractivity contribution in [2.75, 3.05) is 6.61 Å². The third-order valence-corrected chi connectivity index (χ3v) is 4.49. The van der Waals surface area contributed by atoms with E-state index in [1.807, 2.05) is 60.7 Å². The van der Waals surface area contributed by atoms with Crippen molar-refractivity contribution in [3.8, 4) is 17.1 Å². The Hall–Kier alpha value is -3.93. The normalized spacial score (nSPS) is 11.2. The van der Waals surface area contributed by atoms with Crippen LogP contribution in [0.2, 0.25) is 0 Å². The summed E-state index contributed by atoms with van der Waals surface area (Å²) in [6, 6.07) is 22.8. The van der Waals surface area contributed by atoms with E-state index in [1.54, 1.807) is 19.1 Å². The molecule has 0 saturated heterocycles. The fraction of sp³-hybridized carbons (Fsp3) is 0.0870. The second-order valence-corrected chi connectivity index (χ2v) is 6.39. The van der Waals surface area contributed by atoms with E-state index >= 15 is 0 Å². The molecule has 3 aromatic carbocycles. The van der Waals surface area contributed by atoms with E-state index in [0.29, 0.717) is 11.4 Å². The van der Waals surface area contributed by atoms with Crippen molar-refractivity contribution in [3.63, 3.8) is 0 Å². The molecule has 0 radical (unpaired) electrons. The van der Waals surface area contributed by atoms with Gasteiger partial charge in [0.25, 0.3) is 0 Å². The highest BCUT2D eigenvalue weighted by molar-refractivity contribution is 6.04. The summed E-state index contributed by atoms with van der Waals surface area (Å²) >= 11 is 0. The van der Waals surface area contributed by atoms with Gasteiger partial charge in [0.05, 0.1) is 18.0 Å². The number of aromatic hydroxyl groups is 1. The van der Waals surface area contributed by atoms with Crippen LogP contribution < -0.4 is 0 Å². The lowest BCUT2D eigenvalue weighted by Gasteiger charge is -2.06. The van der Waals surface area contributed by atoms with Crippen LogP contribution in [-0.4, -0.2) is 22.7 Å². The number of aromatic nitrogens is 1. The highest BCUT2D eigenvalue weighted by atomic mass is 16.5. The van der Waals surface area contributed by atoms with Crippen LogP contribution in [-0.2, 0) is 4.74 Å². The molecule has 144 valence electrons. The average molecular weight is 385 g/mol. The lowest BCUT2D eigenvalue weighted by molar-refractivity contribution is 0.0528. The summed E-state index contributed by atoms with van der Waals surface area (Å²) in [5.74, 6) is -0.815. The quantitative estimate of drug-likeness (QED) is 0.320. The van der Waals surface area contributed by atoms with Crippen LogP contribution in [0, 0.1) is 0 Å². The minimum absolute atomic E-state index is 0.0514. The Balaban J connectivity index is 1.85. The first-order valence-corrected chi connectivity index (χ1v) is 9.25.